The van der Waals surface area contributed by atoms with Crippen molar-refractivity contribution in [2.24, 2.45) is 0 Å². The van der Waals surface area contributed by atoms with E-state index < -0.39 is 0 Å². The molecule has 0 bridgehead atoms. The molecule has 6 heteroatoms. The standard InChI is InChI=1S/C18H20FN5/c1-13-6-7-21-17(10-13)22-9-8-20-11-15-12-23-24-18(15)14-2-4-16(19)5-3-14/h2-7,10,12,20H,8-9,11H2,1H3,(H,21,22)(H,23,24). The van der Waals surface area contributed by atoms with Crippen LogP contribution in [0.25, 0.3) is 11.3 Å². The molecule has 0 saturated heterocycles. The van der Waals surface area contributed by atoms with E-state index in [1.54, 1.807) is 24.5 Å². The van der Waals surface area contributed by atoms with Crippen LogP contribution >= 0.6 is 0 Å². The number of aromatic nitrogens is 3. The summed E-state index contributed by atoms with van der Waals surface area (Å²) in [6.07, 6.45) is 3.59. The Balaban J connectivity index is 1.49. The maximum atomic E-state index is 13.0. The molecule has 0 amide bonds. The van der Waals surface area contributed by atoms with Gasteiger partial charge in [-0.05, 0) is 48.9 Å². The van der Waals surface area contributed by atoms with Gasteiger partial charge in [0.15, 0.2) is 0 Å². The van der Waals surface area contributed by atoms with Crippen LogP contribution in [0.3, 0.4) is 0 Å². The smallest absolute Gasteiger partial charge is 0.126 e. The molecule has 0 atom stereocenters. The van der Waals surface area contributed by atoms with Crippen molar-refractivity contribution in [2.75, 3.05) is 18.4 Å². The lowest BCUT2D eigenvalue weighted by Gasteiger charge is -2.08. The molecule has 3 rings (SSSR count). The van der Waals surface area contributed by atoms with Gasteiger partial charge in [0, 0.05) is 37.0 Å². The number of nitrogens with one attached hydrogen (secondary N) is 3. The minimum Gasteiger partial charge on any atom is -0.369 e. The Kier molecular flexibility index (Phi) is 5.18. The molecule has 1 aromatic carbocycles. The zero-order valence-electron chi connectivity index (χ0n) is 13.5. The second-order valence-corrected chi connectivity index (χ2v) is 5.60. The van der Waals surface area contributed by atoms with Crippen LogP contribution in [0.2, 0.25) is 0 Å². The van der Waals surface area contributed by atoms with Crippen molar-refractivity contribution in [1.29, 1.82) is 0 Å². The van der Waals surface area contributed by atoms with E-state index >= 15 is 0 Å². The maximum absolute atomic E-state index is 13.0. The molecule has 2 heterocycles. The van der Waals surface area contributed by atoms with Crippen LogP contribution in [-0.2, 0) is 6.54 Å². The highest BCUT2D eigenvalue weighted by Gasteiger charge is 2.07. The van der Waals surface area contributed by atoms with Gasteiger partial charge < -0.3 is 10.6 Å². The van der Waals surface area contributed by atoms with Crippen molar-refractivity contribution in [3.05, 3.63) is 65.7 Å². The molecule has 3 aromatic rings. The van der Waals surface area contributed by atoms with Crippen LogP contribution in [0.4, 0.5) is 10.2 Å². The first kappa shape index (κ1) is 16.1. The number of aryl methyl sites for hydroxylation is 1. The quantitative estimate of drug-likeness (QED) is 0.584. The lowest BCUT2D eigenvalue weighted by atomic mass is 10.1. The van der Waals surface area contributed by atoms with Crippen LogP contribution in [0.1, 0.15) is 11.1 Å². The summed E-state index contributed by atoms with van der Waals surface area (Å²) in [4.78, 5) is 4.26. The number of anilines is 1. The Morgan fingerprint density at radius 3 is 2.75 bits per heavy atom. The molecule has 0 spiro atoms. The molecule has 124 valence electrons. The van der Waals surface area contributed by atoms with E-state index in [-0.39, 0.29) is 5.82 Å². The zero-order valence-corrected chi connectivity index (χ0v) is 13.5. The molecular formula is C18H20FN5. The van der Waals surface area contributed by atoms with E-state index in [1.807, 2.05) is 19.1 Å². The normalized spacial score (nSPS) is 10.8. The zero-order chi connectivity index (χ0) is 16.8. The average Bonchev–Trinajstić information content (AvgIpc) is 3.04. The topological polar surface area (TPSA) is 65.6 Å². The molecule has 0 aliphatic heterocycles. The first-order valence-corrected chi connectivity index (χ1v) is 7.88. The van der Waals surface area contributed by atoms with Gasteiger partial charge in [-0.2, -0.15) is 5.10 Å². The minimum atomic E-state index is -0.242. The second-order valence-electron chi connectivity index (χ2n) is 5.60. The summed E-state index contributed by atoms with van der Waals surface area (Å²) >= 11 is 0. The van der Waals surface area contributed by atoms with Gasteiger partial charge in [-0.3, -0.25) is 5.10 Å². The first-order chi connectivity index (χ1) is 11.7. The van der Waals surface area contributed by atoms with Gasteiger partial charge in [0.25, 0.3) is 0 Å². The van der Waals surface area contributed by atoms with E-state index in [0.29, 0.717) is 6.54 Å². The monoisotopic (exact) mass is 325 g/mol. The van der Waals surface area contributed by atoms with Crippen molar-refractivity contribution in [1.82, 2.24) is 20.5 Å². The molecule has 0 aliphatic carbocycles. The number of nitrogens with zero attached hydrogens (tertiary/aromatic N) is 2. The Morgan fingerprint density at radius 1 is 1.12 bits per heavy atom. The fourth-order valence-electron chi connectivity index (χ4n) is 2.45. The third-order valence-electron chi connectivity index (χ3n) is 3.69. The second kappa shape index (κ2) is 7.70. The van der Waals surface area contributed by atoms with Gasteiger partial charge in [-0.1, -0.05) is 0 Å². The lowest BCUT2D eigenvalue weighted by Crippen LogP contribution is -2.22. The number of rotatable bonds is 7. The van der Waals surface area contributed by atoms with Gasteiger partial charge in [0.1, 0.15) is 11.6 Å². The van der Waals surface area contributed by atoms with E-state index in [1.165, 1.54) is 17.7 Å². The molecular weight excluding hydrogens is 305 g/mol. The number of hydrogen-bond donors (Lipinski definition) is 3. The third-order valence-corrected chi connectivity index (χ3v) is 3.69. The molecule has 0 fully saturated rings. The molecule has 5 nitrogen and oxygen atoms in total. The highest BCUT2D eigenvalue weighted by atomic mass is 19.1. The van der Waals surface area contributed by atoms with E-state index in [2.05, 4.69) is 25.8 Å². The predicted octanol–water partition coefficient (Wildman–Crippen LogP) is 3.12. The van der Waals surface area contributed by atoms with Crippen LogP contribution in [-0.4, -0.2) is 28.3 Å². The van der Waals surface area contributed by atoms with Crippen molar-refractivity contribution in [3.63, 3.8) is 0 Å². The Labute approximate surface area is 140 Å². The van der Waals surface area contributed by atoms with Gasteiger partial charge in [-0.25, -0.2) is 9.37 Å². The molecule has 0 aliphatic rings. The number of halogens is 1. The van der Waals surface area contributed by atoms with Crippen LogP contribution in [0, 0.1) is 12.7 Å². The first-order valence-electron chi connectivity index (χ1n) is 7.88. The van der Waals surface area contributed by atoms with Gasteiger partial charge in [-0.15, -0.1) is 0 Å². The summed E-state index contributed by atoms with van der Waals surface area (Å²) < 4.78 is 13.0. The lowest BCUT2D eigenvalue weighted by molar-refractivity contribution is 0.628. The Bertz CT molecular complexity index is 782. The van der Waals surface area contributed by atoms with Crippen molar-refractivity contribution < 1.29 is 4.39 Å². The number of hydrogen-bond acceptors (Lipinski definition) is 4. The van der Waals surface area contributed by atoms with Crippen LogP contribution < -0.4 is 10.6 Å². The van der Waals surface area contributed by atoms with Crippen LogP contribution in [0.15, 0.2) is 48.8 Å². The van der Waals surface area contributed by atoms with E-state index in [4.69, 9.17) is 0 Å². The fourth-order valence-corrected chi connectivity index (χ4v) is 2.45. The molecule has 24 heavy (non-hydrogen) atoms. The number of H-pyrrole nitrogens is 1. The fraction of sp³-hybridized carbons (Fsp3) is 0.222. The number of pyridine rings is 1. The maximum Gasteiger partial charge on any atom is 0.126 e. The number of aromatic amines is 1. The largest absolute Gasteiger partial charge is 0.369 e. The summed E-state index contributed by atoms with van der Waals surface area (Å²) in [5.41, 5.74) is 4.07. The number of benzene rings is 1. The minimum absolute atomic E-state index is 0.242. The van der Waals surface area contributed by atoms with Gasteiger partial charge in [0.2, 0.25) is 0 Å². The molecule has 0 saturated carbocycles. The summed E-state index contributed by atoms with van der Waals surface area (Å²) in [6, 6.07) is 10.4. The van der Waals surface area contributed by atoms with Crippen molar-refractivity contribution in [3.8, 4) is 11.3 Å². The average molecular weight is 325 g/mol. The highest BCUT2D eigenvalue weighted by molar-refractivity contribution is 5.62. The summed E-state index contributed by atoms with van der Waals surface area (Å²) in [5, 5.41) is 13.7. The summed E-state index contributed by atoms with van der Waals surface area (Å²) in [5.74, 6) is 0.640. The third kappa shape index (κ3) is 4.17. The molecule has 3 N–H and O–H groups in total. The SMILES string of the molecule is Cc1ccnc(NCCNCc2cn[nH]c2-c2ccc(F)cc2)c1. The molecule has 2 aromatic heterocycles. The van der Waals surface area contributed by atoms with Crippen molar-refractivity contribution >= 4 is 5.82 Å². The van der Waals surface area contributed by atoms with Crippen LogP contribution in [0.5, 0.6) is 0 Å². The summed E-state index contributed by atoms with van der Waals surface area (Å²) in [7, 11) is 0. The van der Waals surface area contributed by atoms with Gasteiger partial charge >= 0.3 is 0 Å². The van der Waals surface area contributed by atoms with Crippen molar-refractivity contribution in [2.45, 2.75) is 13.5 Å². The Hall–Kier alpha value is -2.73. The molecule has 0 radical (unpaired) electrons. The summed E-state index contributed by atoms with van der Waals surface area (Å²) in [6.45, 7) is 4.30. The Morgan fingerprint density at radius 2 is 1.96 bits per heavy atom. The van der Waals surface area contributed by atoms with Gasteiger partial charge in [0.05, 0.1) is 11.9 Å². The molecule has 0 unspecified atom stereocenters. The van der Waals surface area contributed by atoms with E-state index in [9.17, 15) is 4.39 Å². The predicted molar refractivity (Wildman–Crippen MR) is 93.2 cm³/mol. The van der Waals surface area contributed by atoms with E-state index in [0.717, 1.165) is 35.7 Å². The highest BCUT2D eigenvalue weighted by Crippen LogP contribution is 2.21.